The fourth-order valence-electron chi connectivity index (χ4n) is 1.58. The quantitative estimate of drug-likeness (QED) is 0.874. The minimum Gasteiger partial charge on any atom is -0.382 e. The summed E-state index contributed by atoms with van der Waals surface area (Å²) in [6.07, 6.45) is -4.77. The van der Waals surface area contributed by atoms with Crippen molar-refractivity contribution in [3.05, 3.63) is 29.3 Å². The first-order chi connectivity index (χ1) is 9.42. The van der Waals surface area contributed by atoms with Gasteiger partial charge in [-0.25, -0.2) is 0 Å². The van der Waals surface area contributed by atoms with Gasteiger partial charge in [-0.3, -0.25) is 0 Å². The maximum atomic E-state index is 12.6. The number of ether oxygens (including phenoxy) is 2. The van der Waals surface area contributed by atoms with Crippen LogP contribution in [0.2, 0.25) is 0 Å². The monoisotopic (exact) mass is 288 g/mol. The van der Waals surface area contributed by atoms with E-state index in [1.165, 1.54) is 14.2 Å². The van der Waals surface area contributed by atoms with Crippen LogP contribution in [0.15, 0.2) is 18.2 Å². The van der Waals surface area contributed by atoms with Crippen LogP contribution in [-0.4, -0.2) is 33.5 Å². The summed E-state index contributed by atoms with van der Waals surface area (Å²) < 4.78 is 47.9. The van der Waals surface area contributed by atoms with Crippen molar-refractivity contribution in [2.45, 2.75) is 12.3 Å². The lowest BCUT2D eigenvalue weighted by Crippen LogP contribution is -2.27. The van der Waals surface area contributed by atoms with Gasteiger partial charge in [-0.1, -0.05) is 0 Å². The van der Waals surface area contributed by atoms with Crippen molar-refractivity contribution in [3.63, 3.8) is 0 Å². The molecule has 20 heavy (non-hydrogen) atoms. The molecule has 1 rings (SSSR count). The molecule has 0 radical (unpaired) electrons. The first-order valence-electron chi connectivity index (χ1n) is 5.79. The van der Waals surface area contributed by atoms with E-state index in [0.717, 1.165) is 18.2 Å². The predicted octanol–water partition coefficient (Wildman–Crippen LogP) is 2.65. The Kier molecular flexibility index (Phi) is 5.80. The first-order valence-corrected chi connectivity index (χ1v) is 5.79. The zero-order valence-electron chi connectivity index (χ0n) is 11.1. The number of benzene rings is 1. The lowest BCUT2D eigenvalue weighted by atomic mass is 10.1. The molecule has 0 aromatic heterocycles. The number of hydrogen-bond acceptors (Lipinski definition) is 4. The molecule has 1 aromatic carbocycles. The van der Waals surface area contributed by atoms with E-state index in [2.05, 4.69) is 5.32 Å². The number of rotatable bonds is 6. The number of hydrogen-bond donors (Lipinski definition) is 1. The Morgan fingerprint density at radius 3 is 2.55 bits per heavy atom. The van der Waals surface area contributed by atoms with Gasteiger partial charge in [0.05, 0.1) is 29.5 Å². The Bertz CT molecular complexity index is 483. The van der Waals surface area contributed by atoms with Crippen molar-refractivity contribution in [2.75, 3.05) is 32.7 Å². The van der Waals surface area contributed by atoms with Crippen molar-refractivity contribution >= 4 is 5.69 Å². The maximum absolute atomic E-state index is 12.6. The highest BCUT2D eigenvalue weighted by Gasteiger charge is 2.31. The van der Waals surface area contributed by atoms with E-state index < -0.39 is 11.7 Å². The summed E-state index contributed by atoms with van der Waals surface area (Å²) in [5.74, 6) is 0. The second-order valence-electron chi connectivity index (χ2n) is 4.06. The molecule has 110 valence electrons. The molecule has 1 unspecified atom stereocenters. The van der Waals surface area contributed by atoms with E-state index in [1.807, 2.05) is 6.07 Å². The third-order valence-electron chi connectivity index (χ3n) is 2.67. The Balaban J connectivity index is 2.89. The van der Waals surface area contributed by atoms with Gasteiger partial charge in [-0.05, 0) is 18.2 Å². The molecule has 7 heteroatoms. The molecule has 0 saturated carbocycles. The number of methoxy groups -OCH3 is 2. The van der Waals surface area contributed by atoms with Crippen molar-refractivity contribution in [2.24, 2.45) is 0 Å². The zero-order chi connectivity index (χ0) is 15.2. The van der Waals surface area contributed by atoms with Crippen molar-refractivity contribution in [3.8, 4) is 6.07 Å². The van der Waals surface area contributed by atoms with Crippen LogP contribution in [0.4, 0.5) is 18.9 Å². The van der Waals surface area contributed by atoms with Gasteiger partial charge < -0.3 is 14.8 Å². The summed E-state index contributed by atoms with van der Waals surface area (Å²) in [7, 11) is 2.97. The van der Waals surface area contributed by atoms with Crippen LogP contribution >= 0.6 is 0 Å². The van der Waals surface area contributed by atoms with Gasteiger partial charge in [0.15, 0.2) is 0 Å². The second kappa shape index (κ2) is 7.12. The fraction of sp³-hybridized carbons (Fsp3) is 0.462. The molecule has 0 fully saturated rings. The molecule has 0 aliphatic heterocycles. The molecular formula is C13H15F3N2O2. The van der Waals surface area contributed by atoms with Crippen molar-refractivity contribution < 1.29 is 22.6 Å². The SMILES string of the molecule is COCC(CNc1cc(C(F)(F)F)ccc1C#N)OC. The van der Waals surface area contributed by atoms with Crippen LogP contribution in [-0.2, 0) is 15.7 Å². The lowest BCUT2D eigenvalue weighted by Gasteiger charge is -2.17. The zero-order valence-corrected chi connectivity index (χ0v) is 11.1. The van der Waals surface area contributed by atoms with Crippen LogP contribution in [0.25, 0.3) is 0 Å². The van der Waals surface area contributed by atoms with Crippen LogP contribution < -0.4 is 5.32 Å². The molecule has 0 saturated heterocycles. The summed E-state index contributed by atoms with van der Waals surface area (Å²) in [5, 5.41) is 11.7. The van der Waals surface area contributed by atoms with E-state index in [-0.39, 0.29) is 23.9 Å². The summed E-state index contributed by atoms with van der Waals surface area (Å²) in [5.41, 5.74) is -0.537. The van der Waals surface area contributed by atoms with Crippen LogP contribution in [0.3, 0.4) is 0 Å². The highest BCUT2D eigenvalue weighted by atomic mass is 19.4. The van der Waals surface area contributed by atoms with Gasteiger partial charge in [0.25, 0.3) is 0 Å². The molecular weight excluding hydrogens is 273 g/mol. The Labute approximate surface area is 115 Å². The van der Waals surface area contributed by atoms with E-state index in [4.69, 9.17) is 14.7 Å². The van der Waals surface area contributed by atoms with Gasteiger partial charge in [0.2, 0.25) is 0 Å². The van der Waals surface area contributed by atoms with E-state index in [9.17, 15) is 13.2 Å². The number of anilines is 1. The average molecular weight is 288 g/mol. The molecule has 0 aliphatic carbocycles. The summed E-state index contributed by atoms with van der Waals surface area (Å²) in [6, 6.07) is 4.78. The van der Waals surface area contributed by atoms with Gasteiger partial charge >= 0.3 is 6.18 Å². The number of halogens is 3. The van der Waals surface area contributed by atoms with E-state index in [1.54, 1.807) is 0 Å². The number of nitriles is 1. The first kappa shape index (κ1) is 16.3. The minimum absolute atomic E-state index is 0.125. The molecule has 0 spiro atoms. The average Bonchev–Trinajstić information content (AvgIpc) is 2.42. The van der Waals surface area contributed by atoms with Crippen molar-refractivity contribution in [1.29, 1.82) is 5.26 Å². The third-order valence-corrected chi connectivity index (χ3v) is 2.67. The van der Waals surface area contributed by atoms with Crippen molar-refractivity contribution in [1.82, 2.24) is 0 Å². The highest BCUT2D eigenvalue weighted by Crippen LogP contribution is 2.32. The third kappa shape index (κ3) is 4.40. The molecule has 1 N–H and O–H groups in total. The van der Waals surface area contributed by atoms with Gasteiger partial charge in [-0.15, -0.1) is 0 Å². The number of alkyl halides is 3. The molecule has 0 aliphatic rings. The molecule has 4 nitrogen and oxygen atoms in total. The number of nitrogens with one attached hydrogen (secondary N) is 1. The molecule has 0 bridgehead atoms. The Hall–Kier alpha value is -1.78. The van der Waals surface area contributed by atoms with Gasteiger partial charge in [-0.2, -0.15) is 18.4 Å². The molecule has 0 amide bonds. The van der Waals surface area contributed by atoms with Crippen LogP contribution in [0.5, 0.6) is 0 Å². The molecule has 1 atom stereocenters. The predicted molar refractivity (Wildman–Crippen MR) is 67.3 cm³/mol. The standard InChI is InChI=1S/C13H15F3N2O2/c1-19-8-11(20-2)7-18-12-5-10(13(14,15)16)4-3-9(12)6-17/h3-5,11,18H,7-8H2,1-2H3. The van der Waals surface area contributed by atoms with Crippen LogP contribution in [0.1, 0.15) is 11.1 Å². The molecule has 0 heterocycles. The molecule has 1 aromatic rings. The van der Waals surface area contributed by atoms with Crippen LogP contribution in [0, 0.1) is 11.3 Å². The maximum Gasteiger partial charge on any atom is 0.416 e. The van der Waals surface area contributed by atoms with Gasteiger partial charge in [0, 0.05) is 20.8 Å². The normalized spacial score (nSPS) is 12.8. The number of nitrogens with zero attached hydrogens (tertiary/aromatic N) is 1. The fourth-order valence-corrected chi connectivity index (χ4v) is 1.58. The van der Waals surface area contributed by atoms with Gasteiger partial charge in [0.1, 0.15) is 6.07 Å². The highest BCUT2D eigenvalue weighted by molar-refractivity contribution is 5.59. The topological polar surface area (TPSA) is 54.3 Å². The largest absolute Gasteiger partial charge is 0.416 e. The Morgan fingerprint density at radius 1 is 1.35 bits per heavy atom. The smallest absolute Gasteiger partial charge is 0.382 e. The minimum atomic E-state index is -4.45. The Morgan fingerprint density at radius 2 is 2.05 bits per heavy atom. The summed E-state index contributed by atoms with van der Waals surface area (Å²) in [4.78, 5) is 0. The lowest BCUT2D eigenvalue weighted by molar-refractivity contribution is -0.137. The van der Waals surface area contributed by atoms with E-state index >= 15 is 0 Å². The second-order valence-corrected chi connectivity index (χ2v) is 4.06. The summed E-state index contributed by atoms with van der Waals surface area (Å²) >= 11 is 0. The van der Waals surface area contributed by atoms with E-state index in [0.29, 0.717) is 6.61 Å². The summed E-state index contributed by atoms with van der Waals surface area (Å²) in [6.45, 7) is 0.532.